The van der Waals surface area contributed by atoms with Gasteiger partial charge >= 0.3 is 0 Å². The molecule has 0 spiro atoms. The summed E-state index contributed by atoms with van der Waals surface area (Å²) in [5.41, 5.74) is 1.96. The monoisotopic (exact) mass is 278 g/mol. The molecule has 0 radical (unpaired) electrons. The molecule has 0 aromatic carbocycles. The van der Waals surface area contributed by atoms with Crippen molar-refractivity contribution in [3.05, 3.63) is 33.2 Å². The van der Waals surface area contributed by atoms with Crippen molar-refractivity contribution in [1.82, 2.24) is 10.3 Å². The zero-order chi connectivity index (χ0) is 15.1. The van der Waals surface area contributed by atoms with Crippen molar-refractivity contribution in [2.75, 3.05) is 6.54 Å². The fourth-order valence-corrected chi connectivity index (χ4v) is 2.14. The summed E-state index contributed by atoms with van der Waals surface area (Å²) < 4.78 is 0. The van der Waals surface area contributed by atoms with Gasteiger partial charge in [-0.2, -0.15) is 0 Å². The summed E-state index contributed by atoms with van der Waals surface area (Å²) in [6.07, 6.45) is 3.55. The van der Waals surface area contributed by atoms with Crippen LogP contribution in [-0.4, -0.2) is 17.4 Å². The molecule has 20 heavy (non-hydrogen) atoms. The van der Waals surface area contributed by atoms with Crippen LogP contribution in [0, 0.1) is 5.92 Å². The summed E-state index contributed by atoms with van der Waals surface area (Å²) in [4.78, 5) is 26.9. The fraction of sp³-hybridized carbons (Fsp3) is 0.625. The number of carbonyl (C=O) groups excluding carboxylic acids is 1. The van der Waals surface area contributed by atoms with E-state index >= 15 is 0 Å². The Labute approximate surface area is 121 Å². The van der Waals surface area contributed by atoms with Gasteiger partial charge in [0.2, 0.25) is 0 Å². The molecule has 0 aliphatic rings. The van der Waals surface area contributed by atoms with Crippen molar-refractivity contribution in [1.29, 1.82) is 0 Å². The maximum absolute atomic E-state index is 12.1. The summed E-state index contributed by atoms with van der Waals surface area (Å²) in [5, 5.41) is 2.81. The molecule has 0 saturated carbocycles. The maximum atomic E-state index is 12.1. The van der Waals surface area contributed by atoms with E-state index in [-0.39, 0.29) is 17.0 Å². The lowest BCUT2D eigenvalue weighted by atomic mass is 10.0. The minimum absolute atomic E-state index is 0.227. The predicted octanol–water partition coefficient (Wildman–Crippen LogP) is 2.67. The van der Waals surface area contributed by atoms with Crippen LogP contribution in [0.2, 0.25) is 0 Å². The standard InChI is InChI=1S/C16H26N2O2/c1-5-7-14-12(6-2)10-13(16(20)18-14)15(19)17-9-8-11(3)4/h10-11H,5-9H2,1-4H3,(H,17,19)(H,18,20). The summed E-state index contributed by atoms with van der Waals surface area (Å²) in [5.74, 6) is 0.261. The van der Waals surface area contributed by atoms with E-state index in [4.69, 9.17) is 0 Å². The molecule has 0 bridgehead atoms. The van der Waals surface area contributed by atoms with Crippen LogP contribution in [0.15, 0.2) is 10.9 Å². The Kier molecular flexibility index (Phi) is 6.49. The topological polar surface area (TPSA) is 62.0 Å². The van der Waals surface area contributed by atoms with Crippen molar-refractivity contribution in [2.45, 2.75) is 53.4 Å². The Balaban J connectivity index is 2.89. The van der Waals surface area contributed by atoms with E-state index in [1.165, 1.54) is 0 Å². The number of hydrogen-bond donors (Lipinski definition) is 2. The van der Waals surface area contributed by atoms with Crippen LogP contribution in [-0.2, 0) is 12.8 Å². The van der Waals surface area contributed by atoms with Crippen molar-refractivity contribution in [3.8, 4) is 0 Å². The Morgan fingerprint density at radius 1 is 1.35 bits per heavy atom. The normalized spacial score (nSPS) is 10.8. The third-order valence-electron chi connectivity index (χ3n) is 3.35. The number of hydrogen-bond acceptors (Lipinski definition) is 2. The van der Waals surface area contributed by atoms with Crippen molar-refractivity contribution in [2.24, 2.45) is 5.92 Å². The number of amides is 1. The van der Waals surface area contributed by atoms with E-state index in [1.54, 1.807) is 6.07 Å². The van der Waals surface area contributed by atoms with Crippen LogP contribution in [0.4, 0.5) is 0 Å². The second-order valence-electron chi connectivity index (χ2n) is 5.56. The zero-order valence-corrected chi connectivity index (χ0v) is 13.0. The Bertz CT molecular complexity index is 504. The highest BCUT2D eigenvalue weighted by atomic mass is 16.2. The van der Waals surface area contributed by atoms with E-state index in [9.17, 15) is 9.59 Å². The number of aryl methyl sites for hydroxylation is 2. The number of pyridine rings is 1. The minimum atomic E-state index is -0.285. The molecular weight excluding hydrogens is 252 g/mol. The summed E-state index contributed by atoms with van der Waals surface area (Å²) in [6, 6.07) is 1.74. The van der Waals surface area contributed by atoms with Crippen LogP contribution in [0.1, 0.15) is 62.2 Å². The molecule has 0 aliphatic heterocycles. The second-order valence-corrected chi connectivity index (χ2v) is 5.56. The number of H-pyrrole nitrogens is 1. The molecule has 4 nitrogen and oxygen atoms in total. The Hall–Kier alpha value is -1.58. The van der Waals surface area contributed by atoms with Crippen molar-refractivity contribution in [3.63, 3.8) is 0 Å². The van der Waals surface area contributed by atoms with Gasteiger partial charge in [-0.25, -0.2) is 0 Å². The molecule has 2 N–H and O–H groups in total. The van der Waals surface area contributed by atoms with Gasteiger partial charge in [0.15, 0.2) is 0 Å². The molecule has 1 aromatic rings. The third kappa shape index (κ3) is 4.51. The molecule has 0 fully saturated rings. The first-order chi connectivity index (χ1) is 9.49. The highest BCUT2D eigenvalue weighted by Gasteiger charge is 2.13. The average molecular weight is 278 g/mol. The lowest BCUT2D eigenvalue weighted by Gasteiger charge is -2.10. The van der Waals surface area contributed by atoms with Crippen LogP contribution in [0.3, 0.4) is 0 Å². The van der Waals surface area contributed by atoms with Crippen LogP contribution < -0.4 is 10.9 Å². The minimum Gasteiger partial charge on any atom is -0.352 e. The lowest BCUT2D eigenvalue weighted by Crippen LogP contribution is -2.31. The Morgan fingerprint density at radius 2 is 2.05 bits per heavy atom. The number of rotatable bonds is 7. The first-order valence-electron chi connectivity index (χ1n) is 7.52. The van der Waals surface area contributed by atoms with E-state index in [2.05, 4.69) is 31.1 Å². The number of aromatic nitrogens is 1. The summed E-state index contributed by atoms with van der Waals surface area (Å²) >= 11 is 0. The number of carbonyl (C=O) groups is 1. The Morgan fingerprint density at radius 3 is 2.60 bits per heavy atom. The summed E-state index contributed by atoms with van der Waals surface area (Å²) in [6.45, 7) is 8.92. The number of nitrogens with one attached hydrogen (secondary N) is 2. The van der Waals surface area contributed by atoms with Crippen molar-refractivity contribution < 1.29 is 4.79 Å². The smallest absolute Gasteiger partial charge is 0.261 e. The van der Waals surface area contributed by atoms with Gasteiger partial charge in [0, 0.05) is 12.2 Å². The molecule has 0 atom stereocenters. The quantitative estimate of drug-likeness (QED) is 0.805. The second kappa shape index (κ2) is 7.88. The molecule has 1 rings (SSSR count). The molecular formula is C16H26N2O2. The lowest BCUT2D eigenvalue weighted by molar-refractivity contribution is 0.0950. The van der Waals surface area contributed by atoms with Crippen LogP contribution >= 0.6 is 0 Å². The maximum Gasteiger partial charge on any atom is 0.261 e. The van der Waals surface area contributed by atoms with E-state index in [0.717, 1.165) is 36.9 Å². The van der Waals surface area contributed by atoms with Crippen LogP contribution in [0.5, 0.6) is 0 Å². The highest BCUT2D eigenvalue weighted by molar-refractivity contribution is 5.94. The first-order valence-corrected chi connectivity index (χ1v) is 7.52. The van der Waals surface area contributed by atoms with Gasteiger partial charge in [-0.3, -0.25) is 9.59 Å². The van der Waals surface area contributed by atoms with E-state index < -0.39 is 0 Å². The number of aromatic amines is 1. The molecule has 1 amide bonds. The third-order valence-corrected chi connectivity index (χ3v) is 3.35. The highest BCUT2D eigenvalue weighted by Crippen LogP contribution is 2.09. The average Bonchev–Trinajstić information content (AvgIpc) is 2.38. The molecule has 112 valence electrons. The SMILES string of the molecule is CCCc1[nH]c(=O)c(C(=O)NCCC(C)C)cc1CC. The van der Waals surface area contributed by atoms with Gasteiger partial charge in [0.25, 0.3) is 11.5 Å². The van der Waals surface area contributed by atoms with Gasteiger partial charge in [-0.05, 0) is 36.8 Å². The van der Waals surface area contributed by atoms with Gasteiger partial charge in [-0.1, -0.05) is 34.1 Å². The predicted molar refractivity (Wildman–Crippen MR) is 82.2 cm³/mol. The first kappa shape index (κ1) is 16.5. The molecule has 1 heterocycles. The largest absolute Gasteiger partial charge is 0.352 e. The molecule has 4 heteroatoms. The molecule has 0 aliphatic carbocycles. The molecule has 0 saturated heterocycles. The zero-order valence-electron chi connectivity index (χ0n) is 13.0. The van der Waals surface area contributed by atoms with Crippen molar-refractivity contribution >= 4 is 5.91 Å². The van der Waals surface area contributed by atoms with E-state index in [1.807, 2.05) is 6.92 Å². The van der Waals surface area contributed by atoms with E-state index in [0.29, 0.717) is 12.5 Å². The van der Waals surface area contributed by atoms with Gasteiger partial charge in [0.05, 0.1) is 0 Å². The molecule has 1 aromatic heterocycles. The van der Waals surface area contributed by atoms with Gasteiger partial charge < -0.3 is 10.3 Å². The fourth-order valence-electron chi connectivity index (χ4n) is 2.14. The van der Waals surface area contributed by atoms with Gasteiger partial charge in [-0.15, -0.1) is 0 Å². The molecule has 0 unspecified atom stereocenters. The summed E-state index contributed by atoms with van der Waals surface area (Å²) in [7, 11) is 0. The van der Waals surface area contributed by atoms with Crippen LogP contribution in [0.25, 0.3) is 0 Å². The van der Waals surface area contributed by atoms with Gasteiger partial charge in [0.1, 0.15) is 5.56 Å².